The van der Waals surface area contributed by atoms with Gasteiger partial charge in [-0.15, -0.1) is 5.10 Å². The first-order valence-corrected chi connectivity index (χ1v) is 8.01. The van der Waals surface area contributed by atoms with E-state index in [1.54, 1.807) is 0 Å². The van der Waals surface area contributed by atoms with Gasteiger partial charge in [-0.3, -0.25) is 4.79 Å². The number of aromatic amines is 1. The number of aromatic nitrogens is 5. The number of nitrogens with zero attached hydrogens (tertiary/aromatic N) is 4. The van der Waals surface area contributed by atoms with Gasteiger partial charge in [-0.1, -0.05) is 0 Å². The number of H-pyrrole nitrogens is 1. The molecule has 1 amide bonds. The minimum Gasteiger partial charge on any atom is -0.355 e. The molecular formula is C16H15F4N7O. The van der Waals surface area contributed by atoms with Crippen LogP contribution in [0.25, 0.3) is 22.4 Å². The summed E-state index contributed by atoms with van der Waals surface area (Å²) in [5, 5.41) is 12.6. The van der Waals surface area contributed by atoms with Crippen LogP contribution in [0.1, 0.15) is 13.8 Å². The number of carbonyl (C=O) groups excluding carboxylic acids is 1. The average molecular weight is 397 g/mol. The number of pyridine rings is 1. The number of anilines is 1. The molecule has 12 heteroatoms. The minimum absolute atomic E-state index is 0.107. The summed E-state index contributed by atoms with van der Waals surface area (Å²) in [7, 11) is 0. The summed E-state index contributed by atoms with van der Waals surface area (Å²) >= 11 is 0. The predicted molar refractivity (Wildman–Crippen MR) is 91.6 cm³/mol. The molecule has 28 heavy (non-hydrogen) atoms. The van der Waals surface area contributed by atoms with Crippen LogP contribution in [-0.4, -0.2) is 49.3 Å². The fourth-order valence-corrected chi connectivity index (χ4v) is 2.42. The highest BCUT2D eigenvalue weighted by Crippen LogP contribution is 2.26. The van der Waals surface area contributed by atoms with Crippen LogP contribution in [0.15, 0.2) is 24.7 Å². The molecule has 0 aliphatic heterocycles. The van der Waals surface area contributed by atoms with Gasteiger partial charge in [-0.25, -0.2) is 14.4 Å². The average Bonchev–Trinajstić information content (AvgIpc) is 3.01. The van der Waals surface area contributed by atoms with Crippen LogP contribution in [-0.2, 0) is 4.79 Å². The van der Waals surface area contributed by atoms with E-state index in [1.807, 2.05) is 5.32 Å². The molecule has 148 valence electrons. The second-order valence-electron chi connectivity index (χ2n) is 6.47. The zero-order chi connectivity index (χ0) is 20.5. The first-order valence-electron chi connectivity index (χ1n) is 8.01. The van der Waals surface area contributed by atoms with Crippen LogP contribution in [0.2, 0.25) is 0 Å². The van der Waals surface area contributed by atoms with Crippen LogP contribution >= 0.6 is 0 Å². The molecule has 0 aliphatic carbocycles. The summed E-state index contributed by atoms with van der Waals surface area (Å²) in [6.45, 7) is 1.34. The number of hydrogen-bond donors (Lipinski definition) is 3. The predicted octanol–water partition coefficient (Wildman–Crippen LogP) is 2.42. The molecule has 3 aromatic rings. The highest BCUT2D eigenvalue weighted by molar-refractivity contribution is 5.92. The summed E-state index contributed by atoms with van der Waals surface area (Å²) < 4.78 is 50.4. The van der Waals surface area contributed by atoms with Gasteiger partial charge in [0.15, 0.2) is 5.82 Å². The summed E-state index contributed by atoms with van der Waals surface area (Å²) in [5.74, 6) is -1.19. The van der Waals surface area contributed by atoms with Gasteiger partial charge in [0.1, 0.15) is 29.4 Å². The molecule has 0 aromatic carbocycles. The van der Waals surface area contributed by atoms with Gasteiger partial charge in [-0.05, 0) is 19.9 Å². The molecule has 3 heterocycles. The number of alkyl halides is 3. The van der Waals surface area contributed by atoms with Gasteiger partial charge in [0, 0.05) is 17.1 Å². The van der Waals surface area contributed by atoms with Gasteiger partial charge in [0.05, 0.1) is 12.4 Å². The number of amides is 1. The summed E-state index contributed by atoms with van der Waals surface area (Å²) in [6, 6.07) is 1.26. The lowest BCUT2D eigenvalue weighted by atomic mass is 10.0. The number of carbonyl (C=O) groups is 1. The van der Waals surface area contributed by atoms with Crippen LogP contribution in [0.3, 0.4) is 0 Å². The third kappa shape index (κ3) is 4.32. The lowest BCUT2D eigenvalue weighted by Gasteiger charge is -2.25. The summed E-state index contributed by atoms with van der Waals surface area (Å²) in [6.07, 6.45) is -0.717. The first kappa shape index (κ1) is 19.5. The second-order valence-corrected chi connectivity index (χ2v) is 6.47. The summed E-state index contributed by atoms with van der Waals surface area (Å²) in [4.78, 5) is 23.0. The molecule has 8 nitrogen and oxygen atoms in total. The maximum absolute atomic E-state index is 13.5. The van der Waals surface area contributed by atoms with Gasteiger partial charge in [0.2, 0.25) is 5.91 Å². The molecule has 0 unspecified atom stereocenters. The fourth-order valence-electron chi connectivity index (χ4n) is 2.42. The van der Waals surface area contributed by atoms with E-state index in [1.165, 1.54) is 32.3 Å². The van der Waals surface area contributed by atoms with Crippen molar-refractivity contribution in [1.29, 1.82) is 0 Å². The molecule has 0 radical (unpaired) electrons. The second kappa shape index (κ2) is 7.02. The van der Waals surface area contributed by atoms with Crippen molar-refractivity contribution in [3.8, 4) is 11.4 Å². The number of rotatable bonds is 5. The molecule has 3 rings (SSSR count). The Bertz CT molecular complexity index is 1020. The lowest BCUT2D eigenvalue weighted by Crippen LogP contribution is -2.50. The molecule has 0 fully saturated rings. The highest BCUT2D eigenvalue weighted by atomic mass is 19.4. The van der Waals surface area contributed by atoms with Crippen molar-refractivity contribution < 1.29 is 22.4 Å². The molecule has 0 bridgehead atoms. The normalized spacial score (nSPS) is 12.2. The molecule has 0 spiro atoms. The quantitative estimate of drug-likeness (QED) is 0.571. The van der Waals surface area contributed by atoms with Gasteiger partial charge in [-0.2, -0.15) is 18.3 Å². The molecule has 0 saturated carbocycles. The van der Waals surface area contributed by atoms with E-state index < -0.39 is 30.0 Å². The standard InChI is InChI=1S/C16H15F4N7O/c1-15(2,14(28)23-7-16(18,19)20)26-11-6-24-27-13(25-11)10-5-22-12-9(10)3-8(17)4-21-12/h3-6H,7H2,1-2H3,(H,21,22)(H,23,28)(H,25,26,27). The van der Waals surface area contributed by atoms with Crippen molar-refractivity contribution in [3.63, 3.8) is 0 Å². The minimum atomic E-state index is -4.52. The van der Waals surface area contributed by atoms with E-state index in [0.717, 1.165) is 6.20 Å². The number of hydrogen-bond acceptors (Lipinski definition) is 6. The largest absolute Gasteiger partial charge is 0.405 e. The topological polar surface area (TPSA) is 108 Å². The van der Waals surface area contributed by atoms with E-state index in [9.17, 15) is 22.4 Å². The zero-order valence-corrected chi connectivity index (χ0v) is 14.7. The van der Waals surface area contributed by atoms with Crippen LogP contribution < -0.4 is 10.6 Å². The SMILES string of the molecule is CC(C)(Nc1cnnc(-c2c[nH]c3ncc(F)cc23)n1)C(=O)NCC(F)(F)F. The van der Waals surface area contributed by atoms with E-state index >= 15 is 0 Å². The Labute approximate surface area is 155 Å². The summed E-state index contributed by atoms with van der Waals surface area (Å²) in [5.41, 5.74) is -0.561. The monoisotopic (exact) mass is 397 g/mol. The highest BCUT2D eigenvalue weighted by Gasteiger charge is 2.33. The van der Waals surface area contributed by atoms with Gasteiger partial charge >= 0.3 is 6.18 Å². The Balaban J connectivity index is 1.83. The first-order chi connectivity index (χ1) is 13.0. The zero-order valence-electron chi connectivity index (χ0n) is 14.7. The lowest BCUT2D eigenvalue weighted by molar-refractivity contribution is -0.140. The van der Waals surface area contributed by atoms with Crippen molar-refractivity contribution in [1.82, 2.24) is 30.5 Å². The van der Waals surface area contributed by atoms with Crippen molar-refractivity contribution >= 4 is 22.8 Å². The number of nitrogens with one attached hydrogen (secondary N) is 3. The van der Waals surface area contributed by atoms with E-state index in [4.69, 9.17) is 0 Å². The van der Waals surface area contributed by atoms with Crippen LogP contribution in [0.4, 0.5) is 23.4 Å². The molecule has 0 atom stereocenters. The Morgan fingerprint density at radius 2 is 2.00 bits per heavy atom. The Morgan fingerprint density at radius 1 is 1.25 bits per heavy atom. The molecule has 3 N–H and O–H groups in total. The third-order valence-corrected chi connectivity index (χ3v) is 3.76. The van der Waals surface area contributed by atoms with Crippen molar-refractivity contribution in [2.24, 2.45) is 0 Å². The van der Waals surface area contributed by atoms with Crippen LogP contribution in [0, 0.1) is 5.82 Å². The van der Waals surface area contributed by atoms with E-state index in [2.05, 4.69) is 30.5 Å². The third-order valence-electron chi connectivity index (χ3n) is 3.76. The fraction of sp³-hybridized carbons (Fsp3) is 0.312. The van der Waals surface area contributed by atoms with E-state index in [0.29, 0.717) is 16.6 Å². The molecule has 3 aromatic heterocycles. The Morgan fingerprint density at radius 3 is 2.71 bits per heavy atom. The molecule has 0 aliphatic rings. The van der Waals surface area contributed by atoms with Gasteiger partial charge in [0.25, 0.3) is 0 Å². The van der Waals surface area contributed by atoms with Crippen molar-refractivity contribution in [2.45, 2.75) is 25.6 Å². The van der Waals surface area contributed by atoms with Crippen LogP contribution in [0.5, 0.6) is 0 Å². The van der Waals surface area contributed by atoms with Gasteiger partial charge < -0.3 is 15.6 Å². The smallest absolute Gasteiger partial charge is 0.355 e. The number of fused-ring (bicyclic) bond motifs is 1. The van der Waals surface area contributed by atoms with Crippen molar-refractivity contribution in [3.05, 3.63) is 30.5 Å². The Hall–Kier alpha value is -3.31. The maximum atomic E-state index is 13.5. The number of halogens is 4. The maximum Gasteiger partial charge on any atom is 0.405 e. The molecule has 0 saturated heterocycles. The molecular weight excluding hydrogens is 382 g/mol. The Kier molecular flexibility index (Phi) is 4.87. The van der Waals surface area contributed by atoms with E-state index in [-0.39, 0.29) is 11.6 Å². The van der Waals surface area contributed by atoms with Crippen molar-refractivity contribution in [2.75, 3.05) is 11.9 Å².